The Labute approximate surface area is 106 Å². The van der Waals surface area contributed by atoms with Crippen molar-refractivity contribution < 1.29 is 4.79 Å². The van der Waals surface area contributed by atoms with Crippen LogP contribution in [0.3, 0.4) is 0 Å². The van der Waals surface area contributed by atoms with Crippen LogP contribution in [0.15, 0.2) is 16.8 Å². The van der Waals surface area contributed by atoms with Crippen LogP contribution in [0.1, 0.15) is 18.4 Å². The van der Waals surface area contributed by atoms with E-state index in [9.17, 15) is 4.79 Å². The van der Waals surface area contributed by atoms with Crippen LogP contribution in [0.5, 0.6) is 0 Å². The first-order valence-electron chi connectivity index (χ1n) is 5.36. The molecule has 0 bridgehead atoms. The Kier molecular flexibility index (Phi) is 5.80. The first-order valence-corrected chi connectivity index (χ1v) is 6.30. The number of piperidine rings is 1. The normalized spacial score (nSPS) is 16.5. The van der Waals surface area contributed by atoms with Crippen LogP contribution in [0.4, 0.5) is 0 Å². The van der Waals surface area contributed by atoms with E-state index < -0.39 is 0 Å². The average molecular weight is 261 g/mol. The van der Waals surface area contributed by atoms with Crippen molar-refractivity contribution in [1.29, 1.82) is 0 Å². The lowest BCUT2D eigenvalue weighted by Crippen LogP contribution is -2.37. The number of nitrogens with one attached hydrogen (secondary N) is 2. The average Bonchev–Trinajstić information content (AvgIpc) is 2.80. The van der Waals surface area contributed by atoms with Gasteiger partial charge in [-0.25, -0.2) is 0 Å². The van der Waals surface area contributed by atoms with Crippen LogP contribution in [-0.4, -0.2) is 19.0 Å². The quantitative estimate of drug-likeness (QED) is 0.870. The fourth-order valence-electron chi connectivity index (χ4n) is 1.81. The molecule has 1 saturated heterocycles. The lowest BCUT2D eigenvalue weighted by Gasteiger charge is -2.21. The number of hydrogen-bond donors (Lipinski definition) is 2. The third-order valence-corrected chi connectivity index (χ3v) is 3.49. The molecular weight excluding hydrogens is 244 g/mol. The summed E-state index contributed by atoms with van der Waals surface area (Å²) in [6, 6.07) is 2.05. The predicted molar refractivity (Wildman–Crippen MR) is 69.0 cm³/mol. The minimum Gasteiger partial charge on any atom is -0.352 e. The zero-order valence-corrected chi connectivity index (χ0v) is 10.7. The molecule has 0 aromatic carbocycles. The second kappa shape index (κ2) is 6.89. The van der Waals surface area contributed by atoms with E-state index in [0.717, 1.165) is 25.9 Å². The maximum absolute atomic E-state index is 11.8. The Balaban J connectivity index is 0.00000128. The van der Waals surface area contributed by atoms with Gasteiger partial charge in [-0.2, -0.15) is 11.3 Å². The molecule has 3 nitrogen and oxygen atoms in total. The molecular formula is C11H17ClN2OS. The van der Waals surface area contributed by atoms with Gasteiger partial charge in [-0.1, -0.05) is 0 Å². The Morgan fingerprint density at radius 3 is 2.88 bits per heavy atom. The molecule has 2 rings (SSSR count). The number of carbonyl (C=O) groups excluding carboxylic acids is 1. The summed E-state index contributed by atoms with van der Waals surface area (Å²) >= 11 is 1.67. The summed E-state index contributed by atoms with van der Waals surface area (Å²) in [5, 5.41) is 10.4. The molecule has 1 aliphatic rings. The molecule has 0 unspecified atom stereocenters. The molecule has 1 fully saturated rings. The molecule has 0 radical (unpaired) electrons. The van der Waals surface area contributed by atoms with Gasteiger partial charge in [0, 0.05) is 12.5 Å². The fraction of sp³-hybridized carbons (Fsp3) is 0.545. The van der Waals surface area contributed by atoms with Gasteiger partial charge in [-0.15, -0.1) is 12.4 Å². The van der Waals surface area contributed by atoms with Crippen molar-refractivity contribution in [2.45, 2.75) is 19.4 Å². The van der Waals surface area contributed by atoms with Crippen molar-refractivity contribution in [3.8, 4) is 0 Å². The molecule has 16 heavy (non-hydrogen) atoms. The molecule has 5 heteroatoms. The maximum atomic E-state index is 11.8. The van der Waals surface area contributed by atoms with E-state index in [1.165, 1.54) is 5.56 Å². The van der Waals surface area contributed by atoms with Crippen molar-refractivity contribution in [1.82, 2.24) is 10.6 Å². The van der Waals surface area contributed by atoms with Crippen molar-refractivity contribution in [2.75, 3.05) is 13.1 Å². The van der Waals surface area contributed by atoms with Crippen LogP contribution in [0, 0.1) is 5.92 Å². The van der Waals surface area contributed by atoms with Gasteiger partial charge in [0.05, 0.1) is 0 Å². The number of thiophene rings is 1. The Morgan fingerprint density at radius 1 is 1.50 bits per heavy atom. The standard InChI is InChI=1S/C11H16N2OS.ClH/c14-11(10-1-4-12-5-2-10)13-7-9-3-6-15-8-9;/h3,6,8,10,12H,1-2,4-5,7H2,(H,13,14);1H. The second-order valence-electron chi connectivity index (χ2n) is 3.87. The first kappa shape index (κ1) is 13.5. The lowest BCUT2D eigenvalue weighted by atomic mass is 9.97. The highest BCUT2D eigenvalue weighted by atomic mass is 35.5. The predicted octanol–water partition coefficient (Wildman–Crippen LogP) is 1.79. The number of rotatable bonds is 3. The Morgan fingerprint density at radius 2 is 2.25 bits per heavy atom. The molecule has 2 N–H and O–H groups in total. The van der Waals surface area contributed by atoms with Crippen LogP contribution in [0.2, 0.25) is 0 Å². The summed E-state index contributed by atoms with van der Waals surface area (Å²) < 4.78 is 0. The van der Waals surface area contributed by atoms with Crippen molar-refractivity contribution >= 4 is 29.7 Å². The third-order valence-electron chi connectivity index (χ3n) is 2.76. The van der Waals surface area contributed by atoms with E-state index in [4.69, 9.17) is 0 Å². The highest BCUT2D eigenvalue weighted by Gasteiger charge is 2.20. The summed E-state index contributed by atoms with van der Waals surface area (Å²) in [5.74, 6) is 0.424. The Hall–Kier alpha value is -0.580. The molecule has 2 heterocycles. The first-order chi connectivity index (χ1) is 7.36. The SMILES string of the molecule is Cl.O=C(NCc1ccsc1)C1CCNCC1. The molecule has 0 atom stereocenters. The summed E-state index contributed by atoms with van der Waals surface area (Å²) in [7, 11) is 0. The Bertz CT molecular complexity index is 310. The number of amides is 1. The van der Waals surface area contributed by atoms with E-state index in [1.54, 1.807) is 11.3 Å². The number of hydrogen-bond acceptors (Lipinski definition) is 3. The molecule has 0 saturated carbocycles. The van der Waals surface area contributed by atoms with Gasteiger partial charge in [0.25, 0.3) is 0 Å². The van der Waals surface area contributed by atoms with Crippen LogP contribution in [0.25, 0.3) is 0 Å². The second-order valence-corrected chi connectivity index (χ2v) is 4.65. The maximum Gasteiger partial charge on any atom is 0.223 e. The van der Waals surface area contributed by atoms with E-state index >= 15 is 0 Å². The van der Waals surface area contributed by atoms with E-state index in [2.05, 4.69) is 16.0 Å². The molecule has 1 aromatic heterocycles. The third kappa shape index (κ3) is 3.77. The largest absolute Gasteiger partial charge is 0.352 e. The molecule has 1 aliphatic heterocycles. The monoisotopic (exact) mass is 260 g/mol. The smallest absolute Gasteiger partial charge is 0.223 e. The number of halogens is 1. The van der Waals surface area contributed by atoms with Crippen LogP contribution >= 0.6 is 23.7 Å². The zero-order valence-electron chi connectivity index (χ0n) is 9.07. The highest BCUT2D eigenvalue weighted by molar-refractivity contribution is 7.07. The zero-order chi connectivity index (χ0) is 10.5. The molecule has 1 aromatic rings. The summed E-state index contributed by atoms with van der Waals surface area (Å²) in [4.78, 5) is 11.8. The van der Waals surface area contributed by atoms with Gasteiger partial charge in [-0.3, -0.25) is 4.79 Å². The minimum absolute atomic E-state index is 0. The van der Waals surface area contributed by atoms with Gasteiger partial charge in [0.2, 0.25) is 5.91 Å². The van der Waals surface area contributed by atoms with E-state index in [0.29, 0.717) is 6.54 Å². The summed E-state index contributed by atoms with van der Waals surface area (Å²) in [6.07, 6.45) is 1.94. The molecule has 0 spiro atoms. The van der Waals surface area contributed by atoms with Gasteiger partial charge >= 0.3 is 0 Å². The topological polar surface area (TPSA) is 41.1 Å². The molecule has 1 amide bonds. The number of carbonyl (C=O) groups is 1. The fourth-order valence-corrected chi connectivity index (χ4v) is 2.48. The minimum atomic E-state index is 0. The lowest BCUT2D eigenvalue weighted by molar-refractivity contribution is -0.125. The van der Waals surface area contributed by atoms with Gasteiger partial charge < -0.3 is 10.6 Å². The van der Waals surface area contributed by atoms with Crippen molar-refractivity contribution in [3.05, 3.63) is 22.4 Å². The molecule has 90 valence electrons. The van der Waals surface area contributed by atoms with Gasteiger partial charge in [0.15, 0.2) is 0 Å². The van der Waals surface area contributed by atoms with Gasteiger partial charge in [0.1, 0.15) is 0 Å². The van der Waals surface area contributed by atoms with Crippen molar-refractivity contribution in [2.24, 2.45) is 5.92 Å². The van der Waals surface area contributed by atoms with Gasteiger partial charge in [-0.05, 0) is 48.3 Å². The summed E-state index contributed by atoms with van der Waals surface area (Å²) in [6.45, 7) is 2.61. The highest BCUT2D eigenvalue weighted by Crippen LogP contribution is 2.12. The van der Waals surface area contributed by atoms with E-state index in [1.807, 2.05) is 11.4 Å². The summed E-state index contributed by atoms with van der Waals surface area (Å²) in [5.41, 5.74) is 1.20. The molecule has 0 aliphatic carbocycles. The van der Waals surface area contributed by atoms with Crippen LogP contribution < -0.4 is 10.6 Å². The van der Waals surface area contributed by atoms with Crippen molar-refractivity contribution in [3.63, 3.8) is 0 Å². The van der Waals surface area contributed by atoms with E-state index in [-0.39, 0.29) is 24.2 Å². The van der Waals surface area contributed by atoms with Crippen LogP contribution in [-0.2, 0) is 11.3 Å².